The average Bonchev–Trinajstić information content (AvgIpc) is 2.35. The molecule has 0 saturated heterocycles. The molecule has 0 aliphatic carbocycles. The Bertz CT molecular complexity index is 449. The largest absolute Gasteiger partial charge is 0.384 e. The van der Waals surface area contributed by atoms with Crippen LogP contribution in [-0.2, 0) is 10.8 Å². The molecule has 1 amide bonds. The SMILES string of the molecule is CCCNc1ccccc1C(=O)NC(C)CS(C)=O. The molecule has 2 unspecified atom stereocenters. The third-order valence-electron chi connectivity index (χ3n) is 2.60. The Hall–Kier alpha value is -1.36. The molecule has 4 nitrogen and oxygen atoms in total. The van der Waals surface area contributed by atoms with Crippen molar-refractivity contribution in [3.8, 4) is 0 Å². The number of nitrogens with one attached hydrogen (secondary N) is 2. The van der Waals surface area contributed by atoms with Crippen LogP contribution in [0.25, 0.3) is 0 Å². The summed E-state index contributed by atoms with van der Waals surface area (Å²) in [5.74, 6) is 0.341. The standard InChI is InChI=1S/C14H22N2O2S/c1-4-9-15-13-8-6-5-7-12(13)14(17)16-11(2)10-19(3)18/h5-8,11,15H,4,9-10H2,1-3H3,(H,16,17). The molecule has 2 N–H and O–H groups in total. The summed E-state index contributed by atoms with van der Waals surface area (Å²) in [5.41, 5.74) is 1.47. The van der Waals surface area contributed by atoms with Crippen molar-refractivity contribution in [3.05, 3.63) is 29.8 Å². The van der Waals surface area contributed by atoms with Gasteiger partial charge in [0, 0.05) is 41.1 Å². The van der Waals surface area contributed by atoms with Gasteiger partial charge in [0.15, 0.2) is 0 Å². The smallest absolute Gasteiger partial charge is 0.253 e. The fourth-order valence-corrected chi connectivity index (χ4v) is 2.58. The fraction of sp³-hybridized carbons (Fsp3) is 0.500. The Balaban J connectivity index is 2.73. The number of carbonyl (C=O) groups is 1. The number of rotatable bonds is 7. The lowest BCUT2D eigenvalue weighted by molar-refractivity contribution is 0.0944. The van der Waals surface area contributed by atoms with Crippen LogP contribution in [0.1, 0.15) is 30.6 Å². The molecule has 0 heterocycles. The average molecular weight is 282 g/mol. The number of anilines is 1. The molecular formula is C14H22N2O2S. The van der Waals surface area contributed by atoms with Gasteiger partial charge in [-0.3, -0.25) is 9.00 Å². The first-order valence-electron chi connectivity index (χ1n) is 6.48. The number of carbonyl (C=O) groups excluding carboxylic acids is 1. The van der Waals surface area contributed by atoms with Gasteiger partial charge in [-0.15, -0.1) is 0 Å². The summed E-state index contributed by atoms with van der Waals surface area (Å²) in [6.07, 6.45) is 2.64. The van der Waals surface area contributed by atoms with Crippen molar-refractivity contribution in [3.63, 3.8) is 0 Å². The molecular weight excluding hydrogens is 260 g/mol. The van der Waals surface area contributed by atoms with Crippen LogP contribution in [0.5, 0.6) is 0 Å². The lowest BCUT2D eigenvalue weighted by Gasteiger charge is -2.15. The zero-order valence-corrected chi connectivity index (χ0v) is 12.5. The Morgan fingerprint density at radius 2 is 2.05 bits per heavy atom. The maximum absolute atomic E-state index is 12.2. The maximum atomic E-state index is 12.2. The highest BCUT2D eigenvalue weighted by Crippen LogP contribution is 2.15. The quantitative estimate of drug-likeness (QED) is 0.804. The van der Waals surface area contributed by atoms with Gasteiger partial charge in [-0.05, 0) is 25.5 Å². The number of benzene rings is 1. The van der Waals surface area contributed by atoms with Crippen molar-refractivity contribution < 1.29 is 9.00 Å². The second-order valence-corrected chi connectivity index (χ2v) is 6.07. The minimum Gasteiger partial charge on any atom is -0.384 e. The Kier molecular flexibility index (Phi) is 6.56. The monoisotopic (exact) mass is 282 g/mol. The summed E-state index contributed by atoms with van der Waals surface area (Å²) in [6.45, 7) is 4.77. The summed E-state index contributed by atoms with van der Waals surface area (Å²) in [7, 11) is -0.909. The molecule has 1 aromatic carbocycles. The first-order valence-corrected chi connectivity index (χ1v) is 8.21. The van der Waals surface area contributed by atoms with E-state index in [0.29, 0.717) is 11.3 Å². The number of hydrogen-bond donors (Lipinski definition) is 2. The van der Waals surface area contributed by atoms with E-state index in [1.54, 1.807) is 12.3 Å². The van der Waals surface area contributed by atoms with Gasteiger partial charge in [0.05, 0.1) is 5.56 Å². The molecule has 0 saturated carbocycles. The van der Waals surface area contributed by atoms with Gasteiger partial charge < -0.3 is 10.6 Å². The zero-order valence-electron chi connectivity index (χ0n) is 11.7. The van der Waals surface area contributed by atoms with Gasteiger partial charge >= 0.3 is 0 Å². The van der Waals surface area contributed by atoms with Crippen LogP contribution in [0, 0.1) is 0 Å². The molecule has 0 aromatic heterocycles. The molecule has 0 radical (unpaired) electrons. The van der Waals surface area contributed by atoms with Crippen LogP contribution >= 0.6 is 0 Å². The summed E-state index contributed by atoms with van der Waals surface area (Å²) >= 11 is 0. The van der Waals surface area contributed by atoms with Crippen molar-refractivity contribution >= 4 is 22.4 Å². The predicted octanol–water partition coefficient (Wildman–Crippen LogP) is 2.01. The second kappa shape index (κ2) is 7.94. The van der Waals surface area contributed by atoms with E-state index in [1.165, 1.54) is 0 Å². The molecule has 2 atom stereocenters. The van der Waals surface area contributed by atoms with E-state index >= 15 is 0 Å². The predicted molar refractivity (Wildman–Crippen MR) is 81.1 cm³/mol. The van der Waals surface area contributed by atoms with E-state index in [-0.39, 0.29) is 11.9 Å². The first kappa shape index (κ1) is 15.7. The van der Waals surface area contributed by atoms with Crippen LogP contribution in [0.3, 0.4) is 0 Å². The Labute approximate surface area is 117 Å². The van der Waals surface area contributed by atoms with Crippen molar-refractivity contribution in [2.75, 3.05) is 23.9 Å². The lowest BCUT2D eigenvalue weighted by Crippen LogP contribution is -2.36. The molecule has 0 spiro atoms. The Morgan fingerprint density at radius 3 is 2.68 bits per heavy atom. The van der Waals surface area contributed by atoms with E-state index in [2.05, 4.69) is 17.6 Å². The molecule has 19 heavy (non-hydrogen) atoms. The lowest BCUT2D eigenvalue weighted by atomic mass is 10.1. The third kappa shape index (κ3) is 5.42. The summed E-state index contributed by atoms with van der Waals surface area (Å²) < 4.78 is 11.1. The molecule has 0 fully saturated rings. The van der Waals surface area contributed by atoms with Crippen molar-refractivity contribution in [1.29, 1.82) is 0 Å². The minimum absolute atomic E-state index is 0.0995. The van der Waals surface area contributed by atoms with Gasteiger partial charge in [-0.2, -0.15) is 0 Å². The highest BCUT2D eigenvalue weighted by atomic mass is 32.2. The van der Waals surface area contributed by atoms with Gasteiger partial charge in [-0.25, -0.2) is 0 Å². The molecule has 0 bridgehead atoms. The second-order valence-electron chi connectivity index (χ2n) is 4.59. The van der Waals surface area contributed by atoms with Crippen LogP contribution in [0.4, 0.5) is 5.69 Å². The summed E-state index contributed by atoms with van der Waals surface area (Å²) in [6, 6.07) is 7.34. The summed E-state index contributed by atoms with van der Waals surface area (Å²) in [4.78, 5) is 12.2. The summed E-state index contributed by atoms with van der Waals surface area (Å²) in [5, 5.41) is 6.11. The molecule has 106 valence electrons. The molecule has 0 aliphatic heterocycles. The van der Waals surface area contributed by atoms with E-state index in [9.17, 15) is 9.00 Å². The molecule has 5 heteroatoms. The number of para-hydroxylation sites is 1. The van der Waals surface area contributed by atoms with Crippen LogP contribution in [0.15, 0.2) is 24.3 Å². The van der Waals surface area contributed by atoms with E-state index in [0.717, 1.165) is 18.7 Å². The van der Waals surface area contributed by atoms with Gasteiger partial charge in [0.25, 0.3) is 5.91 Å². The van der Waals surface area contributed by atoms with Gasteiger partial charge in [0.2, 0.25) is 0 Å². The Morgan fingerprint density at radius 1 is 1.37 bits per heavy atom. The molecule has 1 rings (SSSR count). The fourth-order valence-electron chi connectivity index (χ4n) is 1.79. The van der Waals surface area contributed by atoms with E-state index < -0.39 is 10.8 Å². The van der Waals surface area contributed by atoms with Crippen LogP contribution in [-0.4, -0.2) is 34.7 Å². The topological polar surface area (TPSA) is 58.2 Å². The number of hydrogen-bond acceptors (Lipinski definition) is 3. The molecule has 1 aromatic rings. The van der Waals surface area contributed by atoms with Gasteiger partial charge in [-0.1, -0.05) is 19.1 Å². The maximum Gasteiger partial charge on any atom is 0.253 e. The van der Waals surface area contributed by atoms with Crippen LogP contribution in [0.2, 0.25) is 0 Å². The normalized spacial score (nSPS) is 13.6. The third-order valence-corrected chi connectivity index (χ3v) is 3.57. The van der Waals surface area contributed by atoms with Crippen LogP contribution < -0.4 is 10.6 Å². The van der Waals surface area contributed by atoms with E-state index in [1.807, 2.05) is 25.1 Å². The highest BCUT2D eigenvalue weighted by molar-refractivity contribution is 7.84. The van der Waals surface area contributed by atoms with Crippen molar-refractivity contribution in [1.82, 2.24) is 5.32 Å². The van der Waals surface area contributed by atoms with E-state index in [4.69, 9.17) is 0 Å². The highest BCUT2D eigenvalue weighted by Gasteiger charge is 2.13. The van der Waals surface area contributed by atoms with Crippen molar-refractivity contribution in [2.45, 2.75) is 26.3 Å². The first-order chi connectivity index (χ1) is 9.04. The molecule has 0 aliphatic rings. The van der Waals surface area contributed by atoms with Crippen molar-refractivity contribution in [2.24, 2.45) is 0 Å². The number of amides is 1. The minimum atomic E-state index is -0.909. The zero-order chi connectivity index (χ0) is 14.3. The van der Waals surface area contributed by atoms with Gasteiger partial charge in [0.1, 0.15) is 0 Å².